The van der Waals surface area contributed by atoms with E-state index < -0.39 is 5.82 Å². The van der Waals surface area contributed by atoms with Crippen molar-refractivity contribution in [3.63, 3.8) is 0 Å². The number of halogens is 3. The number of nitrogens with one attached hydrogen (secondary N) is 1. The number of carbonyl (C=O) groups is 1. The zero-order valence-corrected chi connectivity index (χ0v) is 24.1. The second kappa shape index (κ2) is 13.2. The highest BCUT2D eigenvalue weighted by atomic mass is 35.5. The van der Waals surface area contributed by atoms with E-state index in [2.05, 4.69) is 37.1 Å². The number of amides is 1. The van der Waals surface area contributed by atoms with Crippen LogP contribution in [-0.2, 0) is 13.1 Å². The zero-order valence-electron chi connectivity index (χ0n) is 22.6. The minimum atomic E-state index is -0.490. The average Bonchev–Trinajstić information content (AvgIpc) is 2.98. The van der Waals surface area contributed by atoms with E-state index in [4.69, 9.17) is 27.9 Å². The lowest BCUT2D eigenvalue weighted by Crippen LogP contribution is -2.53. The van der Waals surface area contributed by atoms with Crippen molar-refractivity contribution in [1.82, 2.24) is 20.1 Å². The first-order chi connectivity index (χ1) is 19.4. The summed E-state index contributed by atoms with van der Waals surface area (Å²) in [5, 5.41) is 3.28. The van der Waals surface area contributed by atoms with Crippen LogP contribution in [0.3, 0.4) is 0 Å². The SMILES string of the molecule is COc1ccc(CN2CCC(N3CCN(c4ncc(C(=O)NCc5ccc(F)c(Cl)c5)cc4Cl)CC3)CC2)cc1.[HH]. The quantitative estimate of drug-likeness (QED) is 0.375. The fourth-order valence-electron chi connectivity index (χ4n) is 5.45. The van der Waals surface area contributed by atoms with Gasteiger partial charge in [-0.15, -0.1) is 0 Å². The van der Waals surface area contributed by atoms with Crippen LogP contribution in [0, 0.1) is 5.82 Å². The Hall–Kier alpha value is -2.91. The molecule has 1 N–H and O–H groups in total. The van der Waals surface area contributed by atoms with Crippen molar-refractivity contribution >= 4 is 34.9 Å². The van der Waals surface area contributed by atoms with Crippen LogP contribution < -0.4 is 15.0 Å². The minimum absolute atomic E-state index is 0. The van der Waals surface area contributed by atoms with Gasteiger partial charge in [0.2, 0.25) is 0 Å². The molecule has 2 fully saturated rings. The second-order valence-corrected chi connectivity index (χ2v) is 11.2. The van der Waals surface area contributed by atoms with Gasteiger partial charge in [-0.25, -0.2) is 9.37 Å². The molecule has 2 aliphatic rings. The molecule has 0 spiro atoms. The van der Waals surface area contributed by atoms with Gasteiger partial charge in [0.05, 0.1) is 22.7 Å². The van der Waals surface area contributed by atoms with E-state index in [-0.39, 0.29) is 18.9 Å². The van der Waals surface area contributed by atoms with Gasteiger partial charge in [-0.1, -0.05) is 41.4 Å². The average molecular weight is 589 g/mol. The fraction of sp³-hybridized carbons (Fsp3) is 0.400. The molecule has 3 heterocycles. The number of likely N-dealkylation sites (tertiary alicyclic amines) is 1. The summed E-state index contributed by atoms with van der Waals surface area (Å²) in [5.74, 6) is 0.807. The first-order valence-electron chi connectivity index (χ1n) is 13.6. The number of aromatic nitrogens is 1. The third-order valence-corrected chi connectivity index (χ3v) is 8.34. The predicted octanol–water partition coefficient (Wildman–Crippen LogP) is 5.50. The van der Waals surface area contributed by atoms with Crippen molar-refractivity contribution in [2.45, 2.75) is 32.0 Å². The van der Waals surface area contributed by atoms with Crippen LogP contribution in [0.4, 0.5) is 10.2 Å². The lowest BCUT2D eigenvalue weighted by molar-refractivity contribution is 0.0950. The van der Waals surface area contributed by atoms with Crippen molar-refractivity contribution in [3.05, 3.63) is 87.3 Å². The summed E-state index contributed by atoms with van der Waals surface area (Å²) in [6.07, 6.45) is 3.89. The highest BCUT2D eigenvalue weighted by molar-refractivity contribution is 6.33. The molecule has 0 unspecified atom stereocenters. The fourth-order valence-corrected chi connectivity index (χ4v) is 5.94. The Bertz CT molecular complexity index is 1320. The molecule has 5 rings (SSSR count). The summed E-state index contributed by atoms with van der Waals surface area (Å²) in [6.45, 7) is 7.01. The molecule has 7 nitrogen and oxygen atoms in total. The van der Waals surface area contributed by atoms with Gasteiger partial charge in [-0.3, -0.25) is 14.6 Å². The molecule has 0 aliphatic carbocycles. The van der Waals surface area contributed by atoms with Gasteiger partial charge in [-0.05, 0) is 67.4 Å². The Morgan fingerprint density at radius 1 is 1.00 bits per heavy atom. The number of piperidine rings is 1. The first-order valence-corrected chi connectivity index (χ1v) is 14.4. The smallest absolute Gasteiger partial charge is 0.253 e. The maximum Gasteiger partial charge on any atom is 0.253 e. The van der Waals surface area contributed by atoms with Crippen LogP contribution in [0.2, 0.25) is 10.0 Å². The number of anilines is 1. The number of pyridine rings is 1. The van der Waals surface area contributed by atoms with Gasteiger partial charge in [0.15, 0.2) is 0 Å². The number of benzene rings is 2. The summed E-state index contributed by atoms with van der Waals surface area (Å²) in [6, 6.07) is 15.0. The predicted molar refractivity (Wildman–Crippen MR) is 159 cm³/mol. The van der Waals surface area contributed by atoms with Crippen LogP contribution in [0.25, 0.3) is 0 Å². The monoisotopic (exact) mass is 587 g/mol. The van der Waals surface area contributed by atoms with E-state index in [0.717, 1.165) is 51.6 Å². The number of hydrogen-bond acceptors (Lipinski definition) is 6. The number of rotatable bonds is 8. The van der Waals surface area contributed by atoms with E-state index in [1.165, 1.54) is 30.5 Å². The van der Waals surface area contributed by atoms with Gasteiger partial charge >= 0.3 is 0 Å². The Morgan fingerprint density at radius 3 is 2.35 bits per heavy atom. The van der Waals surface area contributed by atoms with Crippen LogP contribution in [0.15, 0.2) is 54.7 Å². The van der Waals surface area contributed by atoms with Crippen molar-refractivity contribution in [2.75, 3.05) is 51.3 Å². The highest BCUT2D eigenvalue weighted by Crippen LogP contribution is 2.27. The van der Waals surface area contributed by atoms with Crippen molar-refractivity contribution < 1.29 is 15.3 Å². The number of piperazine rings is 1. The van der Waals surface area contributed by atoms with E-state index in [9.17, 15) is 9.18 Å². The molecule has 40 heavy (non-hydrogen) atoms. The summed E-state index contributed by atoms with van der Waals surface area (Å²) in [4.78, 5) is 24.5. The Kier molecular flexibility index (Phi) is 9.42. The molecule has 1 amide bonds. The number of hydrogen-bond donors (Lipinski definition) is 1. The molecule has 2 aliphatic heterocycles. The largest absolute Gasteiger partial charge is 0.497 e. The van der Waals surface area contributed by atoms with Gasteiger partial charge in [-0.2, -0.15) is 0 Å². The van der Waals surface area contributed by atoms with E-state index in [0.29, 0.717) is 28.0 Å². The second-order valence-electron chi connectivity index (χ2n) is 10.3. The maximum atomic E-state index is 13.4. The highest BCUT2D eigenvalue weighted by Gasteiger charge is 2.28. The molecule has 2 aromatic carbocycles. The topological polar surface area (TPSA) is 60.9 Å². The molecule has 0 atom stereocenters. The number of ether oxygens (including phenoxy) is 1. The number of methoxy groups -OCH3 is 1. The summed E-state index contributed by atoms with van der Waals surface area (Å²) >= 11 is 12.4. The van der Waals surface area contributed by atoms with Gasteiger partial charge < -0.3 is 15.0 Å². The molecular weight excluding hydrogens is 552 g/mol. The summed E-state index contributed by atoms with van der Waals surface area (Å²) in [5.41, 5.74) is 2.40. The van der Waals surface area contributed by atoms with Gasteiger partial charge in [0, 0.05) is 52.9 Å². The van der Waals surface area contributed by atoms with Crippen molar-refractivity contribution in [3.8, 4) is 5.75 Å². The van der Waals surface area contributed by atoms with E-state index >= 15 is 0 Å². The normalized spacial score (nSPS) is 17.1. The standard InChI is InChI=1S/C30H34Cl2FN5O2.H2/c1-40-25-5-2-21(3-6-25)20-36-10-8-24(9-11-36)37-12-14-38(15-13-37)29-27(32)17-23(19-34-29)30(39)35-18-22-4-7-28(33)26(31)16-22;/h2-7,16-17,19,24H,8-15,18,20H2,1H3,(H,35,39);1H. The molecular formula is C30H36Cl2FN5O2. The van der Waals surface area contributed by atoms with Crippen LogP contribution in [0.5, 0.6) is 5.75 Å². The molecule has 3 aromatic rings. The minimum Gasteiger partial charge on any atom is -0.497 e. The molecule has 10 heteroatoms. The Balaban J connectivity index is 0.00000387. The van der Waals surface area contributed by atoms with Crippen LogP contribution in [0.1, 0.15) is 35.8 Å². The molecule has 0 radical (unpaired) electrons. The van der Waals surface area contributed by atoms with Crippen molar-refractivity contribution in [1.29, 1.82) is 0 Å². The Morgan fingerprint density at radius 2 is 1.70 bits per heavy atom. The van der Waals surface area contributed by atoms with Gasteiger partial charge in [0.1, 0.15) is 17.4 Å². The van der Waals surface area contributed by atoms with Gasteiger partial charge in [0.25, 0.3) is 5.91 Å². The molecule has 214 valence electrons. The van der Waals surface area contributed by atoms with Crippen LogP contribution >= 0.6 is 23.2 Å². The third kappa shape index (κ3) is 7.04. The first kappa shape index (κ1) is 28.6. The summed E-state index contributed by atoms with van der Waals surface area (Å²) < 4.78 is 18.6. The molecule has 1 aromatic heterocycles. The third-order valence-electron chi connectivity index (χ3n) is 7.77. The van der Waals surface area contributed by atoms with Crippen molar-refractivity contribution in [2.24, 2.45) is 0 Å². The lowest BCUT2D eigenvalue weighted by atomic mass is 10.0. The number of carbonyl (C=O) groups excluding carboxylic acids is 1. The van der Waals surface area contributed by atoms with E-state index in [1.807, 2.05) is 12.1 Å². The molecule has 0 bridgehead atoms. The van der Waals surface area contributed by atoms with E-state index in [1.54, 1.807) is 25.4 Å². The Labute approximate surface area is 246 Å². The number of nitrogens with zero attached hydrogens (tertiary/aromatic N) is 4. The lowest BCUT2D eigenvalue weighted by Gasteiger charge is -2.43. The van der Waals surface area contributed by atoms with Crippen LogP contribution in [-0.4, -0.2) is 73.1 Å². The molecule has 0 saturated carbocycles. The molecule has 2 saturated heterocycles. The maximum absolute atomic E-state index is 13.4. The zero-order chi connectivity index (χ0) is 28.1. The summed E-state index contributed by atoms with van der Waals surface area (Å²) in [7, 11) is 1.69.